The quantitative estimate of drug-likeness (QED) is 0.882. The second-order valence-corrected chi connectivity index (χ2v) is 7.81. The van der Waals surface area contributed by atoms with E-state index in [4.69, 9.17) is 5.73 Å². The molecule has 0 bridgehead atoms. The maximum Gasteiger partial charge on any atom is 0.337 e. The van der Waals surface area contributed by atoms with Crippen LogP contribution in [0.2, 0.25) is 0 Å². The fourth-order valence-corrected chi connectivity index (χ4v) is 3.04. The summed E-state index contributed by atoms with van der Waals surface area (Å²) in [6.45, 7) is 6.03. The van der Waals surface area contributed by atoms with Gasteiger partial charge in [-0.15, -0.1) is 0 Å². The minimum atomic E-state index is -0.877. The second-order valence-electron chi connectivity index (χ2n) is 7.81. The van der Waals surface area contributed by atoms with Gasteiger partial charge in [-0.1, -0.05) is 32.9 Å². The minimum Gasteiger partial charge on any atom is -0.368 e. The number of carbonyl (C=O) groups excluding carboxylic acids is 2. The standard InChI is InChI=1S/C18H24N4O3/c1-18(2,3)14(15(19)23)20-16(24)22-13-7-5-4-6-12(13)21(17(22)25)10-11-8-9-11/h4-7,11,14H,8-10H2,1-3H3,(H2,19,23)(H,20,24)/t14-/m1/s1. The van der Waals surface area contributed by atoms with Gasteiger partial charge in [0, 0.05) is 6.54 Å². The van der Waals surface area contributed by atoms with Gasteiger partial charge in [0.2, 0.25) is 5.91 Å². The van der Waals surface area contributed by atoms with Crippen molar-refractivity contribution in [3.63, 3.8) is 0 Å². The SMILES string of the molecule is CC(C)(C)[C@H](NC(=O)n1c(=O)n(CC2CC2)c2ccccc21)C(N)=O. The Bertz CT molecular complexity index is 884. The van der Waals surface area contributed by atoms with Crippen LogP contribution in [-0.4, -0.2) is 27.1 Å². The molecule has 134 valence electrons. The maximum absolute atomic E-state index is 12.8. The van der Waals surface area contributed by atoms with Crippen LogP contribution in [-0.2, 0) is 11.3 Å². The topological polar surface area (TPSA) is 99.1 Å². The molecule has 1 aliphatic carbocycles. The van der Waals surface area contributed by atoms with Gasteiger partial charge in [0.05, 0.1) is 11.0 Å². The highest BCUT2D eigenvalue weighted by Crippen LogP contribution is 2.31. The number of nitrogens with two attached hydrogens (primary N) is 1. The van der Waals surface area contributed by atoms with E-state index in [0.29, 0.717) is 18.0 Å². The number of nitrogens with one attached hydrogen (secondary N) is 1. The van der Waals surface area contributed by atoms with E-state index in [9.17, 15) is 14.4 Å². The van der Waals surface area contributed by atoms with Crippen molar-refractivity contribution >= 4 is 23.0 Å². The minimum absolute atomic E-state index is 0.386. The molecule has 25 heavy (non-hydrogen) atoms. The maximum atomic E-state index is 12.8. The summed E-state index contributed by atoms with van der Waals surface area (Å²) in [7, 11) is 0. The highest BCUT2D eigenvalue weighted by Gasteiger charge is 2.33. The lowest BCUT2D eigenvalue weighted by molar-refractivity contribution is -0.122. The molecular formula is C18H24N4O3. The molecular weight excluding hydrogens is 320 g/mol. The van der Waals surface area contributed by atoms with E-state index in [2.05, 4.69) is 5.32 Å². The summed E-state index contributed by atoms with van der Waals surface area (Å²) in [5.41, 5.74) is 5.74. The van der Waals surface area contributed by atoms with Crippen LogP contribution in [0.5, 0.6) is 0 Å². The summed E-state index contributed by atoms with van der Waals surface area (Å²) in [4.78, 5) is 37.4. The number of rotatable bonds is 4. The van der Waals surface area contributed by atoms with E-state index in [1.807, 2.05) is 32.9 Å². The molecule has 0 radical (unpaired) electrons. The molecule has 1 saturated carbocycles. The van der Waals surface area contributed by atoms with Gasteiger partial charge in [-0.3, -0.25) is 9.36 Å². The fraction of sp³-hybridized carbons (Fsp3) is 0.500. The summed E-state index contributed by atoms with van der Waals surface area (Å²) >= 11 is 0. The van der Waals surface area contributed by atoms with Gasteiger partial charge in [-0.05, 0) is 36.3 Å². The highest BCUT2D eigenvalue weighted by atomic mass is 16.2. The normalized spacial score (nSPS) is 16.0. The highest BCUT2D eigenvalue weighted by molar-refractivity contribution is 5.92. The number of nitrogens with zero attached hydrogens (tertiary/aromatic N) is 2. The Kier molecular flexibility index (Phi) is 4.18. The number of benzene rings is 1. The van der Waals surface area contributed by atoms with Gasteiger partial charge >= 0.3 is 11.7 Å². The predicted octanol–water partition coefficient (Wildman–Crippen LogP) is 1.67. The van der Waals surface area contributed by atoms with Crippen molar-refractivity contribution in [3.8, 4) is 0 Å². The lowest BCUT2D eigenvalue weighted by Crippen LogP contribution is -2.54. The lowest BCUT2D eigenvalue weighted by Gasteiger charge is -2.28. The van der Waals surface area contributed by atoms with E-state index in [1.54, 1.807) is 16.7 Å². The number of carbonyl (C=O) groups is 2. The number of fused-ring (bicyclic) bond motifs is 1. The van der Waals surface area contributed by atoms with Crippen molar-refractivity contribution in [2.24, 2.45) is 17.1 Å². The van der Waals surface area contributed by atoms with Crippen molar-refractivity contribution in [3.05, 3.63) is 34.7 Å². The van der Waals surface area contributed by atoms with E-state index in [1.165, 1.54) is 0 Å². The van der Waals surface area contributed by atoms with Crippen LogP contribution in [0.25, 0.3) is 11.0 Å². The average Bonchev–Trinajstić information content (AvgIpc) is 3.29. The molecule has 1 aliphatic rings. The summed E-state index contributed by atoms with van der Waals surface area (Å²) < 4.78 is 2.74. The monoisotopic (exact) mass is 344 g/mol. The van der Waals surface area contributed by atoms with E-state index < -0.39 is 23.4 Å². The second kappa shape index (κ2) is 6.06. The smallest absolute Gasteiger partial charge is 0.337 e. The van der Waals surface area contributed by atoms with Crippen molar-refractivity contribution in [2.45, 2.75) is 46.2 Å². The van der Waals surface area contributed by atoms with Gasteiger partial charge in [0.15, 0.2) is 0 Å². The van der Waals surface area contributed by atoms with Gasteiger partial charge in [-0.2, -0.15) is 0 Å². The Morgan fingerprint density at radius 3 is 2.36 bits per heavy atom. The molecule has 1 fully saturated rings. The molecule has 0 spiro atoms. The molecule has 0 saturated heterocycles. The van der Waals surface area contributed by atoms with Crippen LogP contribution >= 0.6 is 0 Å². The fourth-order valence-electron chi connectivity index (χ4n) is 3.04. The molecule has 3 rings (SSSR count). The van der Waals surface area contributed by atoms with Crippen LogP contribution in [0.3, 0.4) is 0 Å². The largest absolute Gasteiger partial charge is 0.368 e. The van der Waals surface area contributed by atoms with Crippen LogP contribution in [0.1, 0.15) is 33.6 Å². The Morgan fingerprint density at radius 2 is 1.84 bits per heavy atom. The van der Waals surface area contributed by atoms with Gasteiger partial charge in [0.25, 0.3) is 0 Å². The first-order chi connectivity index (χ1) is 11.7. The van der Waals surface area contributed by atoms with Gasteiger partial charge in [-0.25, -0.2) is 14.2 Å². The zero-order valence-electron chi connectivity index (χ0n) is 14.8. The molecule has 7 nitrogen and oxygen atoms in total. The molecule has 2 aromatic rings. The molecule has 1 heterocycles. The number of hydrogen-bond donors (Lipinski definition) is 2. The molecule has 1 aromatic carbocycles. The summed E-state index contributed by atoms with van der Waals surface area (Å²) in [6, 6.07) is 5.68. The summed E-state index contributed by atoms with van der Waals surface area (Å²) in [5.74, 6) is -0.136. The number of aromatic nitrogens is 2. The number of imidazole rings is 1. The summed E-state index contributed by atoms with van der Waals surface area (Å²) in [6.07, 6.45) is 2.21. The Hall–Kier alpha value is -2.57. The zero-order chi connectivity index (χ0) is 18.4. The van der Waals surface area contributed by atoms with E-state index in [-0.39, 0.29) is 5.69 Å². The third-order valence-corrected chi connectivity index (χ3v) is 4.59. The first kappa shape index (κ1) is 17.3. The molecule has 0 aliphatic heterocycles. The molecule has 1 aromatic heterocycles. The van der Waals surface area contributed by atoms with Crippen LogP contribution < -0.4 is 16.7 Å². The van der Waals surface area contributed by atoms with Gasteiger partial charge < -0.3 is 11.1 Å². The predicted molar refractivity (Wildman–Crippen MR) is 95.3 cm³/mol. The lowest BCUT2D eigenvalue weighted by atomic mass is 9.86. The molecule has 7 heteroatoms. The van der Waals surface area contributed by atoms with Crippen molar-refractivity contribution in [1.82, 2.24) is 14.5 Å². The number of hydrogen-bond acceptors (Lipinski definition) is 3. The Balaban J connectivity index is 2.03. The third kappa shape index (κ3) is 3.31. The molecule has 3 N–H and O–H groups in total. The van der Waals surface area contributed by atoms with Crippen molar-refractivity contribution < 1.29 is 9.59 Å². The van der Waals surface area contributed by atoms with Crippen LogP contribution in [0.15, 0.2) is 29.1 Å². The molecule has 0 unspecified atom stereocenters. The van der Waals surface area contributed by atoms with Gasteiger partial charge in [0.1, 0.15) is 6.04 Å². The third-order valence-electron chi connectivity index (χ3n) is 4.59. The first-order valence-corrected chi connectivity index (χ1v) is 8.50. The first-order valence-electron chi connectivity index (χ1n) is 8.50. The van der Waals surface area contributed by atoms with Crippen LogP contribution in [0.4, 0.5) is 4.79 Å². The Morgan fingerprint density at radius 1 is 1.24 bits per heavy atom. The van der Waals surface area contributed by atoms with E-state index in [0.717, 1.165) is 22.9 Å². The molecule has 1 atom stereocenters. The van der Waals surface area contributed by atoms with E-state index >= 15 is 0 Å². The molecule has 2 amide bonds. The Labute approximate surface area is 145 Å². The number of primary amides is 1. The van der Waals surface area contributed by atoms with Crippen molar-refractivity contribution in [2.75, 3.05) is 0 Å². The number of amides is 2. The van der Waals surface area contributed by atoms with Crippen molar-refractivity contribution in [1.29, 1.82) is 0 Å². The number of para-hydroxylation sites is 2. The van der Waals surface area contributed by atoms with Crippen LogP contribution in [0, 0.1) is 11.3 Å². The summed E-state index contributed by atoms with van der Waals surface area (Å²) in [5, 5.41) is 2.62. The average molecular weight is 344 g/mol. The zero-order valence-corrected chi connectivity index (χ0v) is 14.8.